The second-order valence-corrected chi connectivity index (χ2v) is 12.5. The van der Waals surface area contributed by atoms with Crippen LogP contribution in [0.25, 0.3) is 33.1 Å². The highest BCUT2D eigenvalue weighted by Gasteiger charge is 2.13. The molecular weight excluding hydrogens is 719 g/mol. The quantitative estimate of drug-likeness (QED) is 0.115. The molecule has 6 aromatic heterocycles. The molecule has 56 heavy (non-hydrogen) atoms. The van der Waals surface area contributed by atoms with Gasteiger partial charge >= 0.3 is 5.69 Å². The number of nitrogens with one attached hydrogen (secondary N) is 2. The maximum Gasteiger partial charge on any atom is 0.349 e. The third-order valence-electron chi connectivity index (χ3n) is 8.01. The molecule has 0 atom stereocenters. The van der Waals surface area contributed by atoms with E-state index in [0.717, 1.165) is 45.0 Å². The smallest absolute Gasteiger partial charge is 0.349 e. The molecule has 0 unspecified atom stereocenters. The van der Waals surface area contributed by atoms with E-state index >= 15 is 0 Å². The number of aryl methyl sites for hydroxylation is 5. The van der Waals surface area contributed by atoms with E-state index in [9.17, 15) is 9.59 Å². The van der Waals surface area contributed by atoms with Crippen LogP contribution in [0.2, 0.25) is 0 Å². The highest BCUT2D eigenvalue weighted by molar-refractivity contribution is 5.89. The summed E-state index contributed by atoms with van der Waals surface area (Å²) < 4.78 is 6.71. The molecule has 1 aliphatic rings. The number of rotatable bonds is 4. The second kappa shape index (κ2) is 18.3. The van der Waals surface area contributed by atoms with Gasteiger partial charge in [-0.05, 0) is 19.4 Å². The summed E-state index contributed by atoms with van der Waals surface area (Å²) in [7, 11) is 12.5. The van der Waals surface area contributed by atoms with Crippen LogP contribution >= 0.6 is 0 Å². The van der Waals surface area contributed by atoms with Crippen LogP contribution in [0.15, 0.2) is 70.4 Å². The highest BCUT2D eigenvalue weighted by Crippen LogP contribution is 2.21. The summed E-state index contributed by atoms with van der Waals surface area (Å²) in [5, 5.41) is 1.71. The van der Waals surface area contributed by atoms with Gasteiger partial charge in [-0.1, -0.05) is 24.1 Å². The summed E-state index contributed by atoms with van der Waals surface area (Å²) >= 11 is 0. The molecule has 290 valence electrons. The van der Waals surface area contributed by atoms with Crippen molar-refractivity contribution in [3.05, 3.63) is 93.3 Å². The lowest BCUT2D eigenvalue weighted by atomic mass is 10.0. The minimum atomic E-state index is -0.272. The molecular formula is C37H43N15O4. The first-order valence-corrected chi connectivity index (χ1v) is 17.1. The topological polar surface area (TPSA) is 202 Å². The van der Waals surface area contributed by atoms with Crippen molar-refractivity contribution in [2.24, 2.45) is 33.2 Å². The van der Waals surface area contributed by atoms with Crippen LogP contribution in [0.3, 0.4) is 0 Å². The molecule has 2 N–H and O–H groups in total. The number of hydrogen-bond donors (Lipinski definition) is 2. The Bertz CT molecular complexity index is 2680. The maximum absolute atomic E-state index is 12.0. The third kappa shape index (κ3) is 9.54. The number of nitrogens with zero attached hydrogens (tertiary/aromatic N) is 13. The van der Waals surface area contributed by atoms with Crippen LogP contribution in [-0.2, 0) is 44.3 Å². The summed E-state index contributed by atoms with van der Waals surface area (Å²) in [6, 6.07) is 5.86. The Balaban J connectivity index is 0.000000146. The standard InChI is InChI=1S/C14H13NO.C10H15N7O.C7H9N3O2.C6H6N4/c1-4-6-11-9-15(3)14(16)13-10(2)7-5-8-12(11)13;1-16(2)5-12-10-13-8(15-18-4)7-9(14-10)17(3)6-11-7;1-10-4-5-2-3-12-9-6(5)8-7(10)11;1-10-4-9-5-2-7-3-8-6(5)10/h5,7-9H,1-3H3;5-6H,1-4H3,(H,13,14,15);4H,2-3H2,1H3,(H,8,9,11);2-4H,1H3. The molecule has 0 saturated carbocycles. The number of hydrogen-bond acceptors (Lipinski definition) is 14. The predicted molar refractivity (Wildman–Crippen MR) is 214 cm³/mol. The number of aromatic nitrogens is 11. The summed E-state index contributed by atoms with van der Waals surface area (Å²) in [5.41, 5.74) is 11.0. The Hall–Kier alpha value is -7.04. The van der Waals surface area contributed by atoms with Crippen LogP contribution in [0.5, 0.6) is 0 Å². The normalized spacial score (nSPS) is 11.6. The van der Waals surface area contributed by atoms with Gasteiger partial charge in [-0.3, -0.25) is 14.5 Å². The van der Waals surface area contributed by atoms with E-state index in [4.69, 9.17) is 9.68 Å². The number of fused-ring (bicyclic) bond motifs is 4. The SMILES string of the molecule is CC#Cc1cn(C)c(=O)c2c(C)cccc12.CONc1nc(N=CN(C)C)nc2c1ncn2C.Cn1cc2c(nc1=O)NOCC2.Cn1cnc2cncnc21. The van der Waals surface area contributed by atoms with E-state index in [1.54, 1.807) is 72.6 Å². The van der Waals surface area contributed by atoms with Gasteiger partial charge in [0.05, 0.1) is 44.3 Å². The van der Waals surface area contributed by atoms with Gasteiger partial charge < -0.3 is 23.2 Å². The van der Waals surface area contributed by atoms with Crippen LogP contribution in [0.4, 0.5) is 17.6 Å². The van der Waals surface area contributed by atoms with Crippen molar-refractivity contribution in [2.75, 3.05) is 38.8 Å². The highest BCUT2D eigenvalue weighted by atomic mass is 16.6. The van der Waals surface area contributed by atoms with Crippen molar-refractivity contribution in [1.82, 2.24) is 58.1 Å². The van der Waals surface area contributed by atoms with Gasteiger partial charge in [0.15, 0.2) is 28.4 Å². The Morgan fingerprint density at radius 3 is 2.48 bits per heavy atom. The van der Waals surface area contributed by atoms with Crippen molar-refractivity contribution in [2.45, 2.75) is 20.3 Å². The van der Waals surface area contributed by atoms with E-state index in [1.165, 1.54) is 18.0 Å². The summed E-state index contributed by atoms with van der Waals surface area (Å²) in [4.78, 5) is 67.3. The van der Waals surface area contributed by atoms with Crippen LogP contribution in [-0.4, -0.2) is 92.2 Å². The first-order valence-electron chi connectivity index (χ1n) is 17.1. The molecule has 0 amide bonds. The maximum atomic E-state index is 12.0. The Morgan fingerprint density at radius 2 is 1.75 bits per heavy atom. The van der Waals surface area contributed by atoms with E-state index in [0.29, 0.717) is 35.4 Å². The molecule has 0 aliphatic carbocycles. The fourth-order valence-electron chi connectivity index (χ4n) is 5.33. The van der Waals surface area contributed by atoms with Gasteiger partial charge in [-0.25, -0.2) is 40.7 Å². The fourth-order valence-corrected chi connectivity index (χ4v) is 5.33. The van der Waals surface area contributed by atoms with Crippen molar-refractivity contribution in [3.8, 4) is 11.8 Å². The van der Waals surface area contributed by atoms with Gasteiger partial charge in [-0.2, -0.15) is 15.0 Å². The van der Waals surface area contributed by atoms with Crippen LogP contribution in [0, 0.1) is 18.8 Å². The molecule has 0 fully saturated rings. The zero-order chi connectivity index (χ0) is 40.4. The van der Waals surface area contributed by atoms with Gasteiger partial charge in [0.1, 0.15) is 11.8 Å². The number of benzene rings is 1. The van der Waals surface area contributed by atoms with E-state index < -0.39 is 0 Å². The number of pyridine rings is 1. The van der Waals surface area contributed by atoms with Gasteiger partial charge in [0.25, 0.3) is 11.5 Å². The molecule has 0 spiro atoms. The minimum absolute atomic E-state index is 0.0368. The monoisotopic (exact) mass is 761 g/mol. The molecule has 0 radical (unpaired) electrons. The number of imidazole rings is 2. The molecule has 1 aliphatic heterocycles. The summed E-state index contributed by atoms with van der Waals surface area (Å²) in [5.74, 6) is 7.30. The molecule has 0 saturated heterocycles. The lowest BCUT2D eigenvalue weighted by Gasteiger charge is -2.16. The zero-order valence-electron chi connectivity index (χ0n) is 32.6. The van der Waals surface area contributed by atoms with Crippen molar-refractivity contribution in [1.29, 1.82) is 0 Å². The molecule has 19 nitrogen and oxygen atoms in total. The lowest BCUT2D eigenvalue weighted by molar-refractivity contribution is 0.184. The van der Waals surface area contributed by atoms with Crippen molar-refractivity contribution >= 4 is 57.0 Å². The van der Waals surface area contributed by atoms with Gasteiger partial charge in [-0.15, -0.1) is 5.92 Å². The van der Waals surface area contributed by atoms with Crippen molar-refractivity contribution < 1.29 is 9.68 Å². The van der Waals surface area contributed by atoms with Crippen LogP contribution in [0.1, 0.15) is 23.6 Å². The Labute approximate surface area is 321 Å². The van der Waals surface area contributed by atoms with E-state index in [-0.39, 0.29) is 11.2 Å². The molecule has 7 heterocycles. The molecule has 8 rings (SSSR count). The number of anilines is 2. The summed E-state index contributed by atoms with van der Waals surface area (Å²) in [6.45, 7) is 4.37. The first-order chi connectivity index (χ1) is 26.9. The van der Waals surface area contributed by atoms with E-state index in [2.05, 4.69) is 62.7 Å². The second-order valence-electron chi connectivity index (χ2n) is 12.5. The van der Waals surface area contributed by atoms with E-state index in [1.807, 2.05) is 57.9 Å². The molecule has 7 aromatic rings. The van der Waals surface area contributed by atoms with Crippen molar-refractivity contribution in [3.63, 3.8) is 0 Å². The minimum Gasteiger partial charge on any atom is -0.369 e. The average molecular weight is 762 g/mol. The van der Waals surface area contributed by atoms with Gasteiger partial charge in [0, 0.05) is 77.6 Å². The molecule has 19 heteroatoms. The predicted octanol–water partition coefficient (Wildman–Crippen LogP) is 2.82. The Kier molecular flexibility index (Phi) is 13.1. The third-order valence-corrected chi connectivity index (χ3v) is 8.01. The molecule has 1 aromatic carbocycles. The summed E-state index contributed by atoms with van der Waals surface area (Å²) in [6.07, 6.45) is 12.6. The first kappa shape index (κ1) is 40.2. The largest absolute Gasteiger partial charge is 0.369 e. The molecule has 0 bridgehead atoms. The zero-order valence-corrected chi connectivity index (χ0v) is 32.6. The average Bonchev–Trinajstić information content (AvgIpc) is 3.76. The fraction of sp³-hybridized carbons (Fsp3) is 0.297. The number of aliphatic imine (C=N–C) groups is 1. The van der Waals surface area contributed by atoms with Gasteiger partial charge in [0.2, 0.25) is 0 Å². The lowest BCUT2D eigenvalue weighted by Crippen LogP contribution is -2.26. The Morgan fingerprint density at radius 1 is 0.982 bits per heavy atom. The van der Waals surface area contributed by atoms with Crippen LogP contribution < -0.4 is 22.2 Å².